The molecule has 4 heterocycles. The predicted octanol–water partition coefficient (Wildman–Crippen LogP) is 2.78. The van der Waals surface area contributed by atoms with E-state index in [4.69, 9.17) is 28.4 Å². The van der Waals surface area contributed by atoms with E-state index in [9.17, 15) is 58.8 Å². The number of Topliss-reactive ketones (excluding diaryl/α,β-unsaturated/α-hetero) is 5. The van der Waals surface area contributed by atoms with Crippen molar-refractivity contribution in [3.63, 3.8) is 0 Å². The number of hydrogen-bond donors (Lipinski definition) is 7. The van der Waals surface area contributed by atoms with Crippen LogP contribution in [0.5, 0.6) is 11.5 Å². The number of morpholine rings is 2. The van der Waals surface area contributed by atoms with Gasteiger partial charge in [0.2, 0.25) is 17.7 Å². The van der Waals surface area contributed by atoms with Crippen LogP contribution >= 0.6 is 0 Å². The van der Waals surface area contributed by atoms with Crippen LogP contribution in [0, 0.1) is 17.8 Å². The largest absolute Gasteiger partial charge is 0.497 e. The van der Waals surface area contributed by atoms with Gasteiger partial charge in [0.15, 0.2) is 23.1 Å². The standard InChI is InChI=1S/C33H47N3O9.C32H44N2O9/c1-21(37)29(35-28(39)19-36-13-15-44-16-14-36)27(38)18-25(30(40)23-9-11-24(43-3)12-10-23)32(42)34-26(31(41)33(2)20-45-33)17-22-7-5-4-6-8-22;1-32(20-43-32)30(39)23(15-21-5-3-4-6-21)17-27(37)28(29(38)22-7-9-26(41-2)10-8-22)33-31(40)24(19-35)16-25(36)18-34-11-13-42-14-12-34/h7,9-12,21,25-26,29-30,37,40H,4-6,8,13-20H2,1-3H3,(H,34,42)(H,35,39);5,7-10,23-24,28-29,35,38H,3-4,6,11-20H2,1-2H3,(H,33,40)/t21-,25+,26+,29+,30-,33-;23-,24+,28-,29-,32-/m11/s1. The highest BCUT2D eigenvalue weighted by Gasteiger charge is 2.52. The maximum absolute atomic E-state index is 14.0. The first-order valence-electron chi connectivity index (χ1n) is 30.9. The van der Waals surface area contributed by atoms with E-state index in [2.05, 4.69) is 28.1 Å². The first-order chi connectivity index (χ1) is 42.1. The molecule has 6 aliphatic rings. The number of epoxide rings is 2. The summed E-state index contributed by atoms with van der Waals surface area (Å²) in [6, 6.07) is 9.28. The molecule has 4 fully saturated rings. The molecule has 0 aromatic heterocycles. The van der Waals surface area contributed by atoms with Crippen LogP contribution in [0.4, 0.5) is 0 Å². The third kappa shape index (κ3) is 20.2. The van der Waals surface area contributed by atoms with Crippen LogP contribution < -0.4 is 25.4 Å². The second-order valence-corrected chi connectivity index (χ2v) is 24.4. The Morgan fingerprint density at radius 1 is 0.591 bits per heavy atom. The summed E-state index contributed by atoms with van der Waals surface area (Å²) >= 11 is 0. The van der Waals surface area contributed by atoms with E-state index < -0.39 is 108 Å². The number of benzene rings is 2. The third-order valence-electron chi connectivity index (χ3n) is 17.3. The van der Waals surface area contributed by atoms with Crippen LogP contribution in [0.2, 0.25) is 0 Å². The van der Waals surface area contributed by atoms with Gasteiger partial charge in [0.1, 0.15) is 46.7 Å². The molecule has 7 N–H and O–H groups in total. The molecule has 2 aromatic carbocycles. The van der Waals surface area contributed by atoms with Crippen LogP contribution in [0.15, 0.2) is 71.8 Å². The zero-order valence-corrected chi connectivity index (χ0v) is 51.5. The molecule has 3 amide bonds. The summed E-state index contributed by atoms with van der Waals surface area (Å²) in [5.41, 5.74) is 0.997. The van der Waals surface area contributed by atoms with E-state index in [-0.39, 0.29) is 49.9 Å². The normalized spacial score (nSPS) is 23.2. The lowest BCUT2D eigenvalue weighted by Gasteiger charge is -2.29. The number of methoxy groups -OCH3 is 2. The SMILES string of the molecule is COc1ccc([C@@H](O)[C@H](CC(=O)[C@@H](NC(=O)CN2CCOCC2)[C@@H](C)O)C(=O)N[C@@H](CC2=CCCCC2)C(=O)[C@@]2(C)CO2)cc1.COc1ccc([C@@H](O)[C@H](NC(=O)[C@H](CO)CC(=O)CN2CCOCC2)C(=O)C[C@@H](CC2=CCCC2)C(=O)[C@@]2(C)CO2)cc1. The van der Waals surface area contributed by atoms with E-state index in [1.165, 1.54) is 21.1 Å². The van der Waals surface area contributed by atoms with Gasteiger partial charge in [-0.2, -0.15) is 0 Å². The van der Waals surface area contributed by atoms with E-state index >= 15 is 0 Å². The summed E-state index contributed by atoms with van der Waals surface area (Å²) in [5, 5.41) is 51.4. The molecule has 2 aromatic rings. The summed E-state index contributed by atoms with van der Waals surface area (Å²) in [6.45, 7) is 9.27. The van der Waals surface area contributed by atoms with Gasteiger partial charge >= 0.3 is 0 Å². The second kappa shape index (κ2) is 33.1. The van der Waals surface area contributed by atoms with Crippen molar-refractivity contribution in [2.75, 3.05) is 99.7 Å². The van der Waals surface area contributed by atoms with Crippen molar-refractivity contribution in [3.8, 4) is 11.5 Å². The lowest BCUT2D eigenvalue weighted by molar-refractivity contribution is -0.138. The van der Waals surface area contributed by atoms with Crippen LogP contribution in [0.1, 0.15) is 121 Å². The van der Waals surface area contributed by atoms with Gasteiger partial charge in [0, 0.05) is 51.4 Å². The minimum atomic E-state index is -1.44. The molecule has 2 aliphatic carbocycles. The summed E-state index contributed by atoms with van der Waals surface area (Å²) in [6.07, 6.45) is 6.48. The average Bonchev–Trinajstić information content (AvgIpc) is 2.80. The smallest absolute Gasteiger partial charge is 0.234 e. The van der Waals surface area contributed by atoms with Crippen LogP contribution in [0.25, 0.3) is 0 Å². The van der Waals surface area contributed by atoms with Crippen molar-refractivity contribution in [3.05, 3.63) is 83.0 Å². The zero-order chi connectivity index (χ0) is 63.5. The van der Waals surface area contributed by atoms with Crippen molar-refractivity contribution < 1.29 is 87.2 Å². The molecule has 484 valence electrons. The van der Waals surface area contributed by atoms with Gasteiger partial charge in [-0.3, -0.25) is 48.2 Å². The number of carbonyl (C=O) groups is 8. The maximum Gasteiger partial charge on any atom is 0.234 e. The molecule has 88 heavy (non-hydrogen) atoms. The minimum Gasteiger partial charge on any atom is -0.497 e. The Morgan fingerprint density at radius 3 is 1.60 bits per heavy atom. The number of rotatable bonds is 33. The zero-order valence-electron chi connectivity index (χ0n) is 51.5. The van der Waals surface area contributed by atoms with E-state index in [1.54, 1.807) is 62.4 Å². The quantitative estimate of drug-likeness (QED) is 0.0399. The highest BCUT2D eigenvalue weighted by molar-refractivity contribution is 5.99. The van der Waals surface area contributed by atoms with Crippen molar-refractivity contribution >= 4 is 46.6 Å². The first kappa shape index (κ1) is 69.4. The van der Waals surface area contributed by atoms with Crippen LogP contribution in [-0.4, -0.2) is 212 Å². The Morgan fingerprint density at radius 2 is 1.10 bits per heavy atom. The minimum absolute atomic E-state index is 0.0265. The second-order valence-electron chi connectivity index (χ2n) is 24.4. The number of nitrogens with one attached hydrogen (secondary N) is 3. The Balaban J connectivity index is 0.000000251. The van der Waals surface area contributed by atoms with E-state index in [0.29, 0.717) is 94.7 Å². The van der Waals surface area contributed by atoms with Gasteiger partial charge in [-0.05, 0) is 114 Å². The fourth-order valence-electron chi connectivity index (χ4n) is 11.6. The van der Waals surface area contributed by atoms with Crippen LogP contribution in [-0.2, 0) is 57.3 Å². The number of amides is 3. The lowest BCUT2D eigenvalue weighted by atomic mass is 9.82. The number of aliphatic hydroxyl groups excluding tert-OH is 4. The molecule has 11 atom stereocenters. The Kier molecular flexibility index (Phi) is 26.1. The molecule has 0 bridgehead atoms. The lowest BCUT2D eigenvalue weighted by Crippen LogP contribution is -2.53. The molecule has 0 unspecified atom stereocenters. The van der Waals surface area contributed by atoms with Gasteiger partial charge < -0.3 is 64.8 Å². The topological polar surface area (TPSA) is 322 Å². The number of aliphatic hydroxyl groups is 4. The summed E-state index contributed by atoms with van der Waals surface area (Å²) in [5.74, 6) is -5.65. The van der Waals surface area contributed by atoms with Gasteiger partial charge in [0.25, 0.3) is 0 Å². The number of carbonyl (C=O) groups excluding carboxylic acids is 8. The average molecular weight is 1230 g/mol. The van der Waals surface area contributed by atoms with E-state index in [1.807, 2.05) is 9.80 Å². The van der Waals surface area contributed by atoms with E-state index in [0.717, 1.165) is 56.1 Å². The monoisotopic (exact) mass is 1230 g/mol. The molecule has 8 rings (SSSR count). The molecular weight excluding hydrogens is 1140 g/mol. The van der Waals surface area contributed by atoms with Crippen molar-refractivity contribution in [2.24, 2.45) is 17.8 Å². The molecule has 23 nitrogen and oxygen atoms in total. The first-order valence-corrected chi connectivity index (χ1v) is 30.9. The third-order valence-corrected chi connectivity index (χ3v) is 17.3. The van der Waals surface area contributed by atoms with Crippen molar-refractivity contribution in [1.82, 2.24) is 25.8 Å². The fourth-order valence-corrected chi connectivity index (χ4v) is 11.6. The van der Waals surface area contributed by atoms with Gasteiger partial charge in [-0.25, -0.2) is 0 Å². The van der Waals surface area contributed by atoms with Gasteiger partial charge in [0.05, 0.1) is 104 Å². The van der Waals surface area contributed by atoms with Crippen LogP contribution in [0.3, 0.4) is 0 Å². The molecule has 0 radical (unpaired) electrons. The molecule has 4 aliphatic heterocycles. The van der Waals surface area contributed by atoms with Crippen molar-refractivity contribution in [2.45, 2.75) is 145 Å². The summed E-state index contributed by atoms with van der Waals surface area (Å²) in [7, 11) is 3.02. The Labute approximate surface area is 515 Å². The van der Waals surface area contributed by atoms with Gasteiger partial charge in [-0.1, -0.05) is 47.6 Å². The number of nitrogens with zero attached hydrogens (tertiary/aromatic N) is 2. The summed E-state index contributed by atoms with van der Waals surface area (Å²) < 4.78 is 31.8. The Hall–Kier alpha value is -6.12. The number of ether oxygens (including phenoxy) is 6. The molecule has 4 saturated heterocycles. The number of ketones is 5. The van der Waals surface area contributed by atoms with Gasteiger partial charge in [-0.15, -0.1) is 0 Å². The number of hydrogen-bond acceptors (Lipinski definition) is 20. The molecule has 0 saturated carbocycles. The van der Waals surface area contributed by atoms with Crippen molar-refractivity contribution in [1.29, 1.82) is 0 Å². The number of allylic oxidation sites excluding steroid dienone is 3. The molecule has 23 heteroatoms. The fraction of sp³-hybridized carbons (Fsp3) is 0.631. The molecule has 0 spiro atoms. The Bertz CT molecular complexity index is 2770. The maximum atomic E-state index is 14.0. The summed E-state index contributed by atoms with van der Waals surface area (Å²) in [4.78, 5) is 111. The highest BCUT2D eigenvalue weighted by atomic mass is 16.6. The predicted molar refractivity (Wildman–Crippen MR) is 321 cm³/mol. The highest BCUT2D eigenvalue weighted by Crippen LogP contribution is 2.37. The molecular formula is C65H91N5O18.